The third-order valence-electron chi connectivity index (χ3n) is 4.86. The van der Waals surface area contributed by atoms with Crippen LogP contribution in [0.25, 0.3) is 6.08 Å². The minimum Gasteiger partial charge on any atom is -0.489 e. The average Bonchev–Trinajstić information content (AvgIpc) is 3.07. The lowest BCUT2D eigenvalue weighted by Gasteiger charge is -2.14. The minimum absolute atomic E-state index is 0.0267. The van der Waals surface area contributed by atoms with E-state index >= 15 is 0 Å². The molecule has 160 valence electrons. The number of ether oxygens (including phenoxy) is 1. The van der Waals surface area contributed by atoms with Gasteiger partial charge in [0.15, 0.2) is 10.1 Å². The van der Waals surface area contributed by atoms with E-state index in [2.05, 4.69) is 0 Å². The van der Waals surface area contributed by atoms with Crippen LogP contribution in [0.4, 0.5) is 5.69 Å². The summed E-state index contributed by atoms with van der Waals surface area (Å²) in [6, 6.07) is 21.9. The Bertz CT molecular complexity index is 1220. The van der Waals surface area contributed by atoms with Gasteiger partial charge in [-0.25, -0.2) is 0 Å². The molecule has 1 amide bonds. The molecule has 0 unspecified atom stereocenters. The summed E-state index contributed by atoms with van der Waals surface area (Å²) in [6.45, 7) is 1.88. The molecule has 7 heteroatoms. The number of hydrogen-bond donors (Lipinski definition) is 0. The number of benzene rings is 3. The zero-order valence-electron chi connectivity index (χ0n) is 17.1. The van der Waals surface area contributed by atoms with E-state index in [9.17, 15) is 9.59 Å². The van der Waals surface area contributed by atoms with Crippen molar-refractivity contribution in [2.24, 2.45) is 0 Å². The van der Waals surface area contributed by atoms with Gasteiger partial charge in [0.05, 0.1) is 10.6 Å². The molecule has 0 N–H and O–H groups in total. The Labute approximate surface area is 200 Å². The van der Waals surface area contributed by atoms with E-state index in [1.807, 2.05) is 48.5 Å². The van der Waals surface area contributed by atoms with Crippen molar-refractivity contribution in [1.29, 1.82) is 0 Å². The maximum atomic E-state index is 12.9. The largest absolute Gasteiger partial charge is 0.489 e. The van der Waals surface area contributed by atoms with Crippen LogP contribution in [0.5, 0.6) is 5.75 Å². The molecular formula is C25H18ClNO3S2. The molecule has 0 spiro atoms. The van der Waals surface area contributed by atoms with Gasteiger partial charge in [0.2, 0.25) is 0 Å². The van der Waals surface area contributed by atoms with E-state index in [0.29, 0.717) is 37.9 Å². The Hall–Kier alpha value is -2.93. The second-order valence-electron chi connectivity index (χ2n) is 7.07. The Morgan fingerprint density at radius 2 is 1.75 bits per heavy atom. The standard InChI is InChI=1S/C25H18ClNO3S2/c1-16(28)18-8-10-20(11-9-18)27-24(29)23(32-25(27)31)14-17-6-12-21(13-7-17)30-15-19-4-2-3-5-22(19)26/h2-14H,15H2,1H3/b23-14-. The second kappa shape index (κ2) is 9.69. The van der Waals surface area contributed by atoms with Crippen molar-refractivity contribution < 1.29 is 14.3 Å². The van der Waals surface area contributed by atoms with E-state index in [1.165, 1.54) is 23.6 Å². The predicted molar refractivity (Wildman–Crippen MR) is 134 cm³/mol. The van der Waals surface area contributed by atoms with Gasteiger partial charge < -0.3 is 4.74 Å². The molecule has 0 aromatic heterocycles. The summed E-state index contributed by atoms with van der Waals surface area (Å²) in [6.07, 6.45) is 1.81. The van der Waals surface area contributed by atoms with Gasteiger partial charge in [0, 0.05) is 16.1 Å². The zero-order chi connectivity index (χ0) is 22.7. The molecule has 0 saturated carbocycles. The van der Waals surface area contributed by atoms with Crippen molar-refractivity contribution in [2.75, 3.05) is 4.90 Å². The molecule has 0 bridgehead atoms. The van der Waals surface area contributed by atoms with Crippen LogP contribution < -0.4 is 9.64 Å². The van der Waals surface area contributed by atoms with Crippen LogP contribution in [-0.2, 0) is 11.4 Å². The highest BCUT2D eigenvalue weighted by Crippen LogP contribution is 2.36. The second-order valence-corrected chi connectivity index (χ2v) is 9.15. The fourth-order valence-electron chi connectivity index (χ4n) is 3.12. The van der Waals surface area contributed by atoms with E-state index in [-0.39, 0.29) is 11.7 Å². The lowest BCUT2D eigenvalue weighted by Crippen LogP contribution is -2.27. The average molecular weight is 480 g/mol. The van der Waals surface area contributed by atoms with Crippen LogP contribution in [-0.4, -0.2) is 16.0 Å². The summed E-state index contributed by atoms with van der Waals surface area (Å²) in [5.74, 6) is 0.496. The Kier molecular flexibility index (Phi) is 6.74. The number of anilines is 1. The van der Waals surface area contributed by atoms with E-state index in [1.54, 1.807) is 30.3 Å². The lowest BCUT2D eigenvalue weighted by molar-refractivity contribution is -0.113. The van der Waals surface area contributed by atoms with Gasteiger partial charge in [-0.05, 0) is 61.0 Å². The molecule has 4 nitrogen and oxygen atoms in total. The van der Waals surface area contributed by atoms with Gasteiger partial charge in [0.25, 0.3) is 5.91 Å². The normalized spacial score (nSPS) is 14.8. The first-order chi connectivity index (χ1) is 15.4. The van der Waals surface area contributed by atoms with E-state index in [4.69, 9.17) is 28.6 Å². The number of hydrogen-bond acceptors (Lipinski definition) is 5. The van der Waals surface area contributed by atoms with Crippen LogP contribution in [0, 0.1) is 0 Å². The maximum absolute atomic E-state index is 12.9. The third-order valence-corrected chi connectivity index (χ3v) is 6.53. The molecule has 32 heavy (non-hydrogen) atoms. The summed E-state index contributed by atoms with van der Waals surface area (Å²) in [5, 5.41) is 0.669. The molecule has 0 aliphatic carbocycles. The third kappa shape index (κ3) is 4.93. The van der Waals surface area contributed by atoms with Gasteiger partial charge >= 0.3 is 0 Å². The number of carbonyl (C=O) groups excluding carboxylic acids is 2. The Balaban J connectivity index is 1.45. The summed E-state index contributed by atoms with van der Waals surface area (Å²) >= 11 is 12.8. The van der Waals surface area contributed by atoms with Crippen LogP contribution >= 0.6 is 35.6 Å². The first-order valence-corrected chi connectivity index (χ1v) is 11.4. The van der Waals surface area contributed by atoms with Gasteiger partial charge in [-0.3, -0.25) is 14.5 Å². The molecule has 1 aliphatic rings. The zero-order valence-corrected chi connectivity index (χ0v) is 19.5. The summed E-state index contributed by atoms with van der Waals surface area (Å²) in [7, 11) is 0. The number of halogens is 1. The summed E-state index contributed by atoms with van der Waals surface area (Å²) in [4.78, 5) is 26.4. The summed E-state index contributed by atoms with van der Waals surface area (Å²) in [5.41, 5.74) is 3.01. The van der Waals surface area contributed by atoms with Crippen molar-refractivity contribution >= 4 is 63.4 Å². The number of ketones is 1. The predicted octanol–water partition coefficient (Wildman–Crippen LogP) is 6.53. The number of amides is 1. The van der Waals surface area contributed by atoms with Gasteiger partial charge in [0.1, 0.15) is 12.4 Å². The SMILES string of the molecule is CC(=O)c1ccc(N2C(=O)/C(=C/c3ccc(OCc4ccccc4Cl)cc3)SC2=S)cc1. The van der Waals surface area contributed by atoms with Crippen molar-refractivity contribution in [2.45, 2.75) is 13.5 Å². The van der Waals surface area contributed by atoms with Crippen molar-refractivity contribution in [3.63, 3.8) is 0 Å². The maximum Gasteiger partial charge on any atom is 0.270 e. The summed E-state index contributed by atoms with van der Waals surface area (Å²) < 4.78 is 6.26. The topological polar surface area (TPSA) is 46.6 Å². The fourth-order valence-corrected chi connectivity index (χ4v) is 4.61. The first-order valence-electron chi connectivity index (χ1n) is 9.77. The quantitative estimate of drug-likeness (QED) is 0.228. The number of carbonyl (C=O) groups is 2. The molecule has 3 aromatic rings. The molecule has 1 saturated heterocycles. The Morgan fingerprint density at radius 3 is 2.41 bits per heavy atom. The van der Waals surface area contributed by atoms with E-state index < -0.39 is 0 Å². The van der Waals surface area contributed by atoms with Crippen molar-refractivity contribution in [1.82, 2.24) is 0 Å². The van der Waals surface area contributed by atoms with Crippen LogP contribution in [0.3, 0.4) is 0 Å². The highest BCUT2D eigenvalue weighted by atomic mass is 35.5. The number of thiocarbonyl (C=S) groups is 1. The van der Waals surface area contributed by atoms with E-state index in [0.717, 1.165) is 11.1 Å². The van der Waals surface area contributed by atoms with Crippen LogP contribution in [0.2, 0.25) is 5.02 Å². The minimum atomic E-state index is -0.186. The molecule has 0 atom stereocenters. The number of Topliss-reactive ketones (excluding diaryl/α,β-unsaturated/α-hetero) is 1. The Morgan fingerprint density at radius 1 is 1.06 bits per heavy atom. The number of nitrogens with zero attached hydrogens (tertiary/aromatic N) is 1. The molecule has 1 heterocycles. The molecule has 1 aliphatic heterocycles. The van der Waals surface area contributed by atoms with Crippen molar-refractivity contribution in [3.8, 4) is 5.75 Å². The molecule has 1 fully saturated rings. The van der Waals surface area contributed by atoms with Gasteiger partial charge in [-0.2, -0.15) is 0 Å². The highest BCUT2D eigenvalue weighted by Gasteiger charge is 2.33. The molecular weight excluding hydrogens is 462 g/mol. The smallest absolute Gasteiger partial charge is 0.270 e. The van der Waals surface area contributed by atoms with Gasteiger partial charge in [-0.15, -0.1) is 0 Å². The van der Waals surface area contributed by atoms with Crippen LogP contribution in [0.15, 0.2) is 77.7 Å². The molecule has 4 rings (SSSR count). The monoisotopic (exact) mass is 479 g/mol. The first kappa shape index (κ1) is 22.3. The fraction of sp³-hybridized carbons (Fsp3) is 0.0800. The number of rotatable bonds is 6. The van der Waals surface area contributed by atoms with Crippen LogP contribution in [0.1, 0.15) is 28.4 Å². The molecule has 0 radical (unpaired) electrons. The number of thioether (sulfide) groups is 1. The highest BCUT2D eigenvalue weighted by molar-refractivity contribution is 8.27. The van der Waals surface area contributed by atoms with Crippen molar-refractivity contribution in [3.05, 3.63) is 99.4 Å². The lowest BCUT2D eigenvalue weighted by atomic mass is 10.1. The molecule has 3 aromatic carbocycles. The van der Waals surface area contributed by atoms with Gasteiger partial charge in [-0.1, -0.05) is 65.9 Å².